The predicted octanol–water partition coefficient (Wildman–Crippen LogP) is 1.96. The molecule has 0 saturated heterocycles. The number of para-hydroxylation sites is 1. The lowest BCUT2D eigenvalue weighted by atomic mass is 10.2. The molecule has 2 aromatic rings. The molecule has 1 fully saturated rings. The van der Waals surface area contributed by atoms with Gasteiger partial charge < -0.3 is 5.11 Å². The number of likely N-dealkylation sites (N-methyl/N-ethyl adjacent to an activating group) is 2. The normalized spacial score (nSPS) is 16.2. The van der Waals surface area contributed by atoms with E-state index in [9.17, 15) is 9.90 Å². The van der Waals surface area contributed by atoms with Gasteiger partial charge >= 0.3 is 0 Å². The van der Waals surface area contributed by atoms with E-state index in [0.717, 1.165) is 23.1 Å². The molecule has 1 unspecified atom stereocenters. The first-order chi connectivity index (χ1) is 10.5. The zero-order valence-electron chi connectivity index (χ0n) is 12.9. The number of rotatable bonds is 6. The van der Waals surface area contributed by atoms with Crippen molar-refractivity contribution in [1.82, 2.24) is 9.88 Å². The van der Waals surface area contributed by atoms with Gasteiger partial charge in [-0.1, -0.05) is 23.5 Å². The molecule has 1 heterocycles. The molecule has 6 heteroatoms. The minimum Gasteiger partial charge on any atom is -0.392 e. The van der Waals surface area contributed by atoms with E-state index >= 15 is 0 Å². The third kappa shape index (κ3) is 3.45. The molecule has 1 saturated carbocycles. The Bertz CT molecular complexity index is 635. The highest BCUT2D eigenvalue weighted by Crippen LogP contribution is 2.32. The Morgan fingerprint density at radius 1 is 1.41 bits per heavy atom. The number of benzene rings is 1. The quantitative estimate of drug-likeness (QED) is 0.884. The number of aliphatic hydroxyl groups excluding tert-OH is 1. The number of aliphatic hydroxyl groups is 1. The largest absolute Gasteiger partial charge is 0.392 e. The molecule has 0 bridgehead atoms. The summed E-state index contributed by atoms with van der Waals surface area (Å²) in [6, 6.07) is 7.87. The number of amides is 1. The van der Waals surface area contributed by atoms with Crippen LogP contribution in [0, 0.1) is 5.92 Å². The van der Waals surface area contributed by atoms with Gasteiger partial charge in [0.1, 0.15) is 0 Å². The molecular formula is C16H21N3O2S. The standard InChI is InChI=1S/C16H21N3O2S/c1-18(9-13(20)11-7-8-11)10-15(21)19(2)16-17-12-5-3-4-6-14(12)22-16/h3-6,11,13,20H,7-10H2,1-2H3. The van der Waals surface area contributed by atoms with E-state index in [1.54, 1.807) is 11.9 Å². The van der Waals surface area contributed by atoms with Crippen LogP contribution in [0.5, 0.6) is 0 Å². The van der Waals surface area contributed by atoms with Crippen LogP contribution in [0.1, 0.15) is 12.8 Å². The summed E-state index contributed by atoms with van der Waals surface area (Å²) in [7, 11) is 3.63. The Morgan fingerprint density at radius 3 is 2.82 bits per heavy atom. The fourth-order valence-corrected chi connectivity index (χ4v) is 3.41. The van der Waals surface area contributed by atoms with E-state index in [1.807, 2.05) is 36.2 Å². The van der Waals surface area contributed by atoms with E-state index < -0.39 is 0 Å². The third-order valence-corrected chi connectivity index (χ3v) is 5.13. The highest BCUT2D eigenvalue weighted by Gasteiger charge is 2.30. The van der Waals surface area contributed by atoms with Crippen molar-refractivity contribution in [1.29, 1.82) is 0 Å². The first kappa shape index (κ1) is 15.4. The highest BCUT2D eigenvalue weighted by molar-refractivity contribution is 7.22. The Balaban J connectivity index is 1.60. The molecule has 1 amide bonds. The van der Waals surface area contributed by atoms with Gasteiger partial charge in [-0.05, 0) is 37.9 Å². The average Bonchev–Trinajstić information content (AvgIpc) is 3.25. The van der Waals surface area contributed by atoms with E-state index in [4.69, 9.17) is 0 Å². The summed E-state index contributed by atoms with van der Waals surface area (Å²) in [6.45, 7) is 0.834. The van der Waals surface area contributed by atoms with Gasteiger partial charge in [0.2, 0.25) is 5.91 Å². The minimum absolute atomic E-state index is 0.00967. The van der Waals surface area contributed by atoms with Crippen LogP contribution < -0.4 is 4.90 Å². The van der Waals surface area contributed by atoms with Crippen LogP contribution in [-0.4, -0.2) is 54.2 Å². The van der Waals surface area contributed by atoms with Crippen LogP contribution in [0.25, 0.3) is 10.2 Å². The molecule has 3 rings (SSSR count). The number of carbonyl (C=O) groups is 1. The molecule has 1 atom stereocenters. The van der Waals surface area contributed by atoms with Gasteiger partial charge in [-0.2, -0.15) is 0 Å². The second-order valence-corrected chi connectivity index (χ2v) is 7.03. The third-order valence-electron chi connectivity index (χ3n) is 4.01. The van der Waals surface area contributed by atoms with Crippen molar-refractivity contribution in [2.45, 2.75) is 18.9 Å². The smallest absolute Gasteiger partial charge is 0.242 e. The molecule has 0 radical (unpaired) electrons. The summed E-state index contributed by atoms with van der Waals surface area (Å²) in [4.78, 5) is 20.3. The SMILES string of the molecule is CN(CC(=O)N(C)c1nc2ccccc2s1)CC(O)C1CC1. The lowest BCUT2D eigenvalue weighted by Gasteiger charge is -2.22. The van der Waals surface area contributed by atoms with Gasteiger partial charge in [0, 0.05) is 13.6 Å². The maximum Gasteiger partial charge on any atom is 0.242 e. The minimum atomic E-state index is -0.314. The molecule has 1 aliphatic carbocycles. The van der Waals surface area contributed by atoms with Gasteiger partial charge in [0.25, 0.3) is 0 Å². The highest BCUT2D eigenvalue weighted by atomic mass is 32.1. The molecule has 118 valence electrons. The van der Waals surface area contributed by atoms with Crippen molar-refractivity contribution in [3.63, 3.8) is 0 Å². The second kappa shape index (κ2) is 6.32. The van der Waals surface area contributed by atoms with Gasteiger partial charge in [-0.3, -0.25) is 14.6 Å². The predicted molar refractivity (Wildman–Crippen MR) is 89.3 cm³/mol. The molecule has 1 N–H and O–H groups in total. The topological polar surface area (TPSA) is 56.7 Å². The molecule has 5 nitrogen and oxygen atoms in total. The summed E-state index contributed by atoms with van der Waals surface area (Å²) >= 11 is 1.52. The van der Waals surface area contributed by atoms with Crippen molar-refractivity contribution < 1.29 is 9.90 Å². The van der Waals surface area contributed by atoms with Crippen LogP contribution in [0.15, 0.2) is 24.3 Å². The monoisotopic (exact) mass is 319 g/mol. The maximum atomic E-state index is 12.4. The summed E-state index contributed by atoms with van der Waals surface area (Å²) in [5.41, 5.74) is 0.916. The van der Waals surface area contributed by atoms with Crippen molar-refractivity contribution in [3.8, 4) is 0 Å². The van der Waals surface area contributed by atoms with Crippen LogP contribution in [0.4, 0.5) is 5.13 Å². The van der Waals surface area contributed by atoms with E-state index in [0.29, 0.717) is 17.6 Å². The molecule has 0 spiro atoms. The first-order valence-corrected chi connectivity index (χ1v) is 8.35. The Kier molecular flexibility index (Phi) is 4.42. The zero-order valence-corrected chi connectivity index (χ0v) is 13.7. The van der Waals surface area contributed by atoms with Gasteiger partial charge in [-0.25, -0.2) is 4.98 Å². The van der Waals surface area contributed by atoms with Crippen LogP contribution in [-0.2, 0) is 4.79 Å². The molecular weight excluding hydrogens is 298 g/mol. The van der Waals surface area contributed by atoms with Crippen LogP contribution in [0.3, 0.4) is 0 Å². The fourth-order valence-electron chi connectivity index (χ4n) is 2.46. The van der Waals surface area contributed by atoms with E-state index in [1.165, 1.54) is 11.3 Å². The van der Waals surface area contributed by atoms with Gasteiger partial charge in [0.15, 0.2) is 5.13 Å². The number of aromatic nitrogens is 1. The lowest BCUT2D eigenvalue weighted by Crippen LogP contribution is -2.40. The molecule has 22 heavy (non-hydrogen) atoms. The summed E-state index contributed by atoms with van der Waals surface area (Å²) in [5.74, 6) is 0.420. The van der Waals surface area contributed by atoms with Crippen LogP contribution >= 0.6 is 11.3 Å². The number of anilines is 1. The number of hydrogen-bond acceptors (Lipinski definition) is 5. The number of carbonyl (C=O) groups excluding carboxylic acids is 1. The van der Waals surface area contributed by atoms with Crippen LogP contribution in [0.2, 0.25) is 0 Å². The fraction of sp³-hybridized carbons (Fsp3) is 0.500. The summed E-state index contributed by atoms with van der Waals surface area (Å²) in [6.07, 6.45) is 1.90. The van der Waals surface area contributed by atoms with E-state index in [-0.39, 0.29) is 18.6 Å². The number of nitrogens with zero attached hydrogens (tertiary/aromatic N) is 3. The number of hydrogen-bond donors (Lipinski definition) is 1. The van der Waals surface area contributed by atoms with Crippen molar-refractivity contribution in [2.24, 2.45) is 5.92 Å². The van der Waals surface area contributed by atoms with E-state index in [2.05, 4.69) is 4.98 Å². The summed E-state index contributed by atoms with van der Waals surface area (Å²) < 4.78 is 1.08. The first-order valence-electron chi connectivity index (χ1n) is 7.53. The Morgan fingerprint density at radius 2 is 2.14 bits per heavy atom. The number of fused-ring (bicyclic) bond motifs is 1. The molecule has 1 aromatic heterocycles. The van der Waals surface area contributed by atoms with Crippen molar-refractivity contribution >= 4 is 32.6 Å². The van der Waals surface area contributed by atoms with Crippen molar-refractivity contribution in [3.05, 3.63) is 24.3 Å². The van der Waals surface area contributed by atoms with Crippen molar-refractivity contribution in [2.75, 3.05) is 32.1 Å². The zero-order chi connectivity index (χ0) is 15.7. The van der Waals surface area contributed by atoms with Gasteiger partial charge in [-0.15, -0.1) is 0 Å². The second-order valence-electron chi connectivity index (χ2n) is 6.02. The Labute approximate surface area is 134 Å². The number of thiazole rings is 1. The molecule has 0 aliphatic heterocycles. The maximum absolute atomic E-state index is 12.4. The molecule has 1 aromatic carbocycles. The molecule has 1 aliphatic rings. The van der Waals surface area contributed by atoms with Gasteiger partial charge in [0.05, 0.1) is 22.9 Å². The average molecular weight is 319 g/mol. The summed E-state index contributed by atoms with van der Waals surface area (Å²) in [5, 5.41) is 10.7. The Hall–Kier alpha value is -1.50. The lowest BCUT2D eigenvalue weighted by molar-refractivity contribution is -0.119.